The third kappa shape index (κ3) is 2.43. The molecule has 0 spiro atoms. The van der Waals surface area contributed by atoms with Gasteiger partial charge >= 0.3 is 0 Å². The largest absolute Gasteiger partial charge is 0.496 e. The summed E-state index contributed by atoms with van der Waals surface area (Å²) in [7, 11) is 1.58. The molecule has 2 heterocycles. The number of nitrogens with zero attached hydrogens (tertiary/aromatic N) is 2. The van der Waals surface area contributed by atoms with Crippen molar-refractivity contribution in [2.45, 2.75) is 12.3 Å². The number of hydrogen-bond donors (Lipinski definition) is 0. The Bertz CT molecular complexity index is 579. The second-order valence-electron chi connectivity index (χ2n) is 4.36. The quantitative estimate of drug-likeness (QED) is 0.865. The molecule has 0 amide bonds. The van der Waals surface area contributed by atoms with Crippen LogP contribution >= 0.6 is 11.6 Å². The molecule has 0 N–H and O–H groups in total. The minimum atomic E-state index is 0.218. The molecule has 1 aliphatic rings. The molecule has 1 aromatic heterocycles. The van der Waals surface area contributed by atoms with Gasteiger partial charge in [0.05, 0.1) is 19.3 Å². The van der Waals surface area contributed by atoms with Gasteiger partial charge in [0.15, 0.2) is 5.82 Å². The molecule has 100 valence electrons. The molecule has 0 aliphatic carbocycles. The Hall–Kier alpha value is -1.59. The van der Waals surface area contributed by atoms with Crippen molar-refractivity contribution < 1.29 is 14.0 Å². The van der Waals surface area contributed by atoms with Gasteiger partial charge in [0.25, 0.3) is 5.89 Å². The summed E-state index contributed by atoms with van der Waals surface area (Å²) in [5.74, 6) is 1.96. The molecular formula is C13H13ClN2O3. The Kier molecular flexibility index (Phi) is 3.40. The van der Waals surface area contributed by atoms with E-state index in [0.29, 0.717) is 29.1 Å². The summed E-state index contributed by atoms with van der Waals surface area (Å²) in [5.41, 5.74) is 0.740. The average molecular weight is 281 g/mol. The lowest BCUT2D eigenvalue weighted by Gasteiger charge is -2.04. The molecular weight excluding hydrogens is 268 g/mol. The SMILES string of the molecule is COc1cc(Cl)ccc1-c1nc(C2CCOC2)no1. The number of benzene rings is 1. The fraction of sp³-hybridized carbons (Fsp3) is 0.385. The van der Waals surface area contributed by atoms with Gasteiger partial charge in [0.1, 0.15) is 5.75 Å². The van der Waals surface area contributed by atoms with Crippen LogP contribution in [0.25, 0.3) is 11.5 Å². The maximum absolute atomic E-state index is 5.93. The zero-order valence-electron chi connectivity index (χ0n) is 10.4. The number of halogens is 1. The van der Waals surface area contributed by atoms with E-state index in [1.165, 1.54) is 0 Å². The number of methoxy groups -OCH3 is 1. The first-order valence-electron chi connectivity index (χ1n) is 6.03. The average Bonchev–Trinajstić information content (AvgIpc) is 3.09. The van der Waals surface area contributed by atoms with Crippen molar-refractivity contribution in [3.05, 3.63) is 29.0 Å². The molecule has 0 saturated carbocycles. The third-order valence-electron chi connectivity index (χ3n) is 3.13. The van der Waals surface area contributed by atoms with Gasteiger partial charge in [-0.2, -0.15) is 4.98 Å². The fourth-order valence-electron chi connectivity index (χ4n) is 2.09. The zero-order chi connectivity index (χ0) is 13.2. The van der Waals surface area contributed by atoms with Crippen LogP contribution in [0.3, 0.4) is 0 Å². The highest BCUT2D eigenvalue weighted by atomic mass is 35.5. The molecule has 1 aromatic carbocycles. The van der Waals surface area contributed by atoms with Gasteiger partial charge in [-0.05, 0) is 24.6 Å². The van der Waals surface area contributed by atoms with E-state index in [0.717, 1.165) is 18.6 Å². The lowest BCUT2D eigenvalue weighted by atomic mass is 10.1. The van der Waals surface area contributed by atoms with E-state index in [9.17, 15) is 0 Å². The Labute approximate surface area is 115 Å². The predicted molar refractivity (Wildman–Crippen MR) is 69.5 cm³/mol. The van der Waals surface area contributed by atoms with Crippen molar-refractivity contribution in [1.29, 1.82) is 0 Å². The van der Waals surface area contributed by atoms with Crippen LogP contribution in [0.2, 0.25) is 5.02 Å². The maximum Gasteiger partial charge on any atom is 0.261 e. The number of rotatable bonds is 3. The lowest BCUT2D eigenvalue weighted by molar-refractivity contribution is 0.192. The van der Waals surface area contributed by atoms with Crippen LogP contribution in [0.15, 0.2) is 22.7 Å². The van der Waals surface area contributed by atoms with Gasteiger partial charge in [-0.15, -0.1) is 0 Å². The maximum atomic E-state index is 5.93. The first-order chi connectivity index (χ1) is 9.28. The number of aromatic nitrogens is 2. The van der Waals surface area contributed by atoms with Crippen molar-refractivity contribution in [1.82, 2.24) is 10.1 Å². The van der Waals surface area contributed by atoms with Crippen LogP contribution in [0.1, 0.15) is 18.2 Å². The van der Waals surface area contributed by atoms with E-state index < -0.39 is 0 Å². The highest BCUT2D eigenvalue weighted by Gasteiger charge is 2.24. The molecule has 0 radical (unpaired) electrons. The van der Waals surface area contributed by atoms with Crippen LogP contribution in [-0.2, 0) is 4.74 Å². The first kappa shape index (κ1) is 12.4. The smallest absolute Gasteiger partial charge is 0.261 e. The van der Waals surface area contributed by atoms with Crippen molar-refractivity contribution in [2.24, 2.45) is 0 Å². The standard InChI is InChI=1S/C13H13ClN2O3/c1-17-11-6-9(14)2-3-10(11)13-15-12(16-19-13)8-4-5-18-7-8/h2-3,6,8H,4-5,7H2,1H3. The van der Waals surface area contributed by atoms with Crippen LogP contribution in [-0.4, -0.2) is 30.5 Å². The van der Waals surface area contributed by atoms with Crippen molar-refractivity contribution >= 4 is 11.6 Å². The first-order valence-corrected chi connectivity index (χ1v) is 6.41. The Balaban J connectivity index is 1.93. The summed E-state index contributed by atoms with van der Waals surface area (Å²) in [6, 6.07) is 5.30. The summed E-state index contributed by atoms with van der Waals surface area (Å²) in [5, 5.41) is 4.62. The lowest BCUT2D eigenvalue weighted by Crippen LogP contribution is -1.99. The molecule has 1 saturated heterocycles. The van der Waals surface area contributed by atoms with E-state index in [1.54, 1.807) is 19.2 Å². The Morgan fingerprint density at radius 3 is 3.05 bits per heavy atom. The van der Waals surface area contributed by atoms with Gasteiger partial charge in [-0.1, -0.05) is 16.8 Å². The van der Waals surface area contributed by atoms with Gasteiger partial charge < -0.3 is 14.0 Å². The van der Waals surface area contributed by atoms with E-state index >= 15 is 0 Å². The van der Waals surface area contributed by atoms with Crippen LogP contribution in [0.4, 0.5) is 0 Å². The minimum Gasteiger partial charge on any atom is -0.496 e. The monoisotopic (exact) mass is 280 g/mol. The zero-order valence-corrected chi connectivity index (χ0v) is 11.2. The minimum absolute atomic E-state index is 0.218. The molecule has 2 aromatic rings. The Morgan fingerprint density at radius 2 is 2.32 bits per heavy atom. The highest BCUT2D eigenvalue weighted by molar-refractivity contribution is 6.30. The van der Waals surface area contributed by atoms with Gasteiger partial charge in [0.2, 0.25) is 0 Å². The van der Waals surface area contributed by atoms with E-state index in [-0.39, 0.29) is 5.92 Å². The van der Waals surface area contributed by atoms with E-state index in [1.807, 2.05) is 6.07 Å². The molecule has 19 heavy (non-hydrogen) atoms. The third-order valence-corrected chi connectivity index (χ3v) is 3.37. The molecule has 1 fully saturated rings. The van der Waals surface area contributed by atoms with Crippen LogP contribution < -0.4 is 4.74 Å². The summed E-state index contributed by atoms with van der Waals surface area (Å²) in [6.07, 6.45) is 0.927. The van der Waals surface area contributed by atoms with E-state index in [4.69, 9.17) is 25.6 Å². The van der Waals surface area contributed by atoms with Gasteiger partial charge in [-0.3, -0.25) is 0 Å². The number of ether oxygens (including phenoxy) is 2. The summed E-state index contributed by atoms with van der Waals surface area (Å²) in [6.45, 7) is 1.40. The van der Waals surface area contributed by atoms with Gasteiger partial charge in [0, 0.05) is 17.5 Å². The van der Waals surface area contributed by atoms with Crippen LogP contribution in [0.5, 0.6) is 5.75 Å². The van der Waals surface area contributed by atoms with Gasteiger partial charge in [-0.25, -0.2) is 0 Å². The summed E-state index contributed by atoms with van der Waals surface area (Å²) >= 11 is 5.93. The molecule has 1 aliphatic heterocycles. The second kappa shape index (κ2) is 5.19. The van der Waals surface area contributed by atoms with Crippen molar-refractivity contribution in [2.75, 3.05) is 20.3 Å². The number of hydrogen-bond acceptors (Lipinski definition) is 5. The summed E-state index contributed by atoms with van der Waals surface area (Å²) < 4.78 is 15.9. The summed E-state index contributed by atoms with van der Waals surface area (Å²) in [4.78, 5) is 4.42. The molecule has 5 nitrogen and oxygen atoms in total. The van der Waals surface area contributed by atoms with Crippen molar-refractivity contribution in [3.63, 3.8) is 0 Å². The fourth-order valence-corrected chi connectivity index (χ4v) is 2.25. The Morgan fingerprint density at radius 1 is 1.42 bits per heavy atom. The second-order valence-corrected chi connectivity index (χ2v) is 4.80. The molecule has 1 atom stereocenters. The van der Waals surface area contributed by atoms with Crippen LogP contribution in [0, 0.1) is 0 Å². The topological polar surface area (TPSA) is 57.4 Å². The predicted octanol–water partition coefficient (Wildman–Crippen LogP) is 2.90. The molecule has 1 unspecified atom stereocenters. The molecule has 0 bridgehead atoms. The normalized spacial score (nSPS) is 18.7. The van der Waals surface area contributed by atoms with Crippen molar-refractivity contribution in [3.8, 4) is 17.2 Å². The molecule has 3 rings (SSSR count). The highest BCUT2D eigenvalue weighted by Crippen LogP contribution is 2.32. The van der Waals surface area contributed by atoms with E-state index in [2.05, 4.69) is 10.1 Å². The molecule has 6 heteroatoms.